The number of carboxylic acids is 1. The maximum atomic E-state index is 12.0. The van der Waals surface area contributed by atoms with Crippen LogP contribution in [0.25, 0.3) is 0 Å². The van der Waals surface area contributed by atoms with Crippen molar-refractivity contribution in [3.8, 4) is 0 Å². The third-order valence-corrected chi connectivity index (χ3v) is 4.37. The summed E-state index contributed by atoms with van der Waals surface area (Å²) >= 11 is 1.57. The highest BCUT2D eigenvalue weighted by atomic mass is 32.2. The number of amides is 1. The fourth-order valence-corrected chi connectivity index (χ4v) is 3.05. The minimum atomic E-state index is -0.780. The summed E-state index contributed by atoms with van der Waals surface area (Å²) in [6, 6.07) is 7.64. The molecular formula is C17H21N3O3S. The monoisotopic (exact) mass is 347 g/mol. The number of thioether (sulfide) groups is 1. The van der Waals surface area contributed by atoms with Crippen LogP contribution in [0.15, 0.2) is 36.7 Å². The Hall–Kier alpha value is -2.28. The second-order valence-corrected chi connectivity index (χ2v) is 6.57. The summed E-state index contributed by atoms with van der Waals surface area (Å²) in [6.07, 6.45) is 4.90. The molecule has 1 aromatic heterocycles. The summed E-state index contributed by atoms with van der Waals surface area (Å²) in [5.41, 5.74) is 2.87. The summed E-state index contributed by atoms with van der Waals surface area (Å²) in [5.74, 6) is 0.496. The van der Waals surface area contributed by atoms with Crippen LogP contribution >= 0.6 is 11.8 Å². The average molecular weight is 347 g/mol. The molecule has 0 bridgehead atoms. The fourth-order valence-electron chi connectivity index (χ4n) is 2.17. The number of aryl methyl sites for hydroxylation is 2. The van der Waals surface area contributed by atoms with Gasteiger partial charge < -0.3 is 10.4 Å². The van der Waals surface area contributed by atoms with Crippen LogP contribution < -0.4 is 5.32 Å². The number of hydrogen-bond acceptors (Lipinski definition) is 4. The summed E-state index contributed by atoms with van der Waals surface area (Å²) in [5, 5.41) is 15.6. The maximum Gasteiger partial charge on any atom is 0.304 e. The number of nitrogens with one attached hydrogen (secondary N) is 1. The molecule has 128 valence electrons. The first-order chi connectivity index (χ1) is 11.5. The number of carboxylic acid groups (broad SMARTS) is 1. The smallest absolute Gasteiger partial charge is 0.304 e. The number of anilines is 1. The first kappa shape index (κ1) is 18.1. The summed E-state index contributed by atoms with van der Waals surface area (Å²) in [7, 11) is 1.85. The van der Waals surface area contributed by atoms with Gasteiger partial charge in [-0.2, -0.15) is 16.9 Å². The Kier molecular flexibility index (Phi) is 6.87. The van der Waals surface area contributed by atoms with Crippen molar-refractivity contribution in [2.24, 2.45) is 7.05 Å². The molecule has 0 fully saturated rings. The van der Waals surface area contributed by atoms with E-state index in [4.69, 9.17) is 5.11 Å². The average Bonchev–Trinajstić information content (AvgIpc) is 2.95. The van der Waals surface area contributed by atoms with Crippen molar-refractivity contribution in [2.75, 3.05) is 11.1 Å². The van der Waals surface area contributed by atoms with E-state index < -0.39 is 5.97 Å². The van der Waals surface area contributed by atoms with E-state index in [1.54, 1.807) is 22.6 Å². The van der Waals surface area contributed by atoms with Crippen LogP contribution in [0.1, 0.15) is 24.0 Å². The molecule has 6 nitrogen and oxygen atoms in total. The quantitative estimate of drug-likeness (QED) is 0.681. The van der Waals surface area contributed by atoms with Crippen molar-refractivity contribution >= 4 is 29.3 Å². The normalized spacial score (nSPS) is 10.5. The zero-order chi connectivity index (χ0) is 17.4. The highest BCUT2D eigenvalue weighted by Gasteiger charge is 2.05. The standard InChI is InChI=1S/C17H21N3O3S/c1-20-11-14(10-18-20)5-6-16(21)19-15-4-2-3-13(9-15)12-24-8-7-17(22)23/h2-4,9-11H,5-8,12H2,1H3,(H,19,21)(H,22,23). The van der Waals surface area contributed by atoms with Gasteiger partial charge in [-0.3, -0.25) is 14.3 Å². The lowest BCUT2D eigenvalue weighted by molar-refractivity contribution is -0.136. The molecule has 1 amide bonds. The largest absolute Gasteiger partial charge is 0.481 e. The first-order valence-electron chi connectivity index (χ1n) is 7.69. The lowest BCUT2D eigenvalue weighted by atomic mass is 10.2. The van der Waals surface area contributed by atoms with Crippen molar-refractivity contribution in [2.45, 2.75) is 25.0 Å². The first-order valence-corrected chi connectivity index (χ1v) is 8.84. The molecule has 0 saturated heterocycles. The molecule has 1 aromatic carbocycles. The van der Waals surface area contributed by atoms with E-state index in [0.29, 0.717) is 18.6 Å². The molecule has 24 heavy (non-hydrogen) atoms. The van der Waals surface area contributed by atoms with Gasteiger partial charge >= 0.3 is 5.97 Å². The van der Waals surface area contributed by atoms with E-state index >= 15 is 0 Å². The highest BCUT2D eigenvalue weighted by Crippen LogP contribution is 2.17. The molecule has 0 unspecified atom stereocenters. The van der Waals surface area contributed by atoms with Gasteiger partial charge in [0.1, 0.15) is 0 Å². The Morgan fingerprint density at radius 3 is 2.83 bits per heavy atom. The number of carbonyl (C=O) groups excluding carboxylic acids is 1. The fraction of sp³-hybridized carbons (Fsp3) is 0.353. The number of hydrogen-bond donors (Lipinski definition) is 2. The van der Waals surface area contributed by atoms with Gasteiger partial charge in [0.2, 0.25) is 5.91 Å². The molecule has 2 aromatic rings. The van der Waals surface area contributed by atoms with Gasteiger partial charge in [0.05, 0.1) is 12.6 Å². The lowest BCUT2D eigenvalue weighted by Crippen LogP contribution is -2.12. The Bertz CT molecular complexity index is 700. The molecule has 0 aliphatic carbocycles. The third kappa shape index (κ3) is 6.45. The number of aromatic nitrogens is 2. The van der Waals surface area contributed by atoms with E-state index in [9.17, 15) is 9.59 Å². The van der Waals surface area contributed by atoms with Crippen LogP contribution in [0.4, 0.5) is 5.69 Å². The predicted molar refractivity (Wildman–Crippen MR) is 95.0 cm³/mol. The lowest BCUT2D eigenvalue weighted by Gasteiger charge is -2.07. The zero-order valence-electron chi connectivity index (χ0n) is 13.6. The molecule has 0 saturated carbocycles. The Morgan fingerprint density at radius 2 is 2.12 bits per heavy atom. The van der Waals surface area contributed by atoms with Crippen LogP contribution in [0.5, 0.6) is 0 Å². The van der Waals surface area contributed by atoms with Crippen molar-refractivity contribution in [3.05, 3.63) is 47.8 Å². The SMILES string of the molecule is Cn1cc(CCC(=O)Nc2cccc(CSCCC(=O)O)c2)cn1. The zero-order valence-corrected chi connectivity index (χ0v) is 14.4. The number of aliphatic carboxylic acids is 1. The van der Waals surface area contributed by atoms with Gasteiger partial charge in [0.25, 0.3) is 0 Å². The van der Waals surface area contributed by atoms with Gasteiger partial charge in [-0.25, -0.2) is 0 Å². The summed E-state index contributed by atoms with van der Waals surface area (Å²) in [6.45, 7) is 0. The minimum Gasteiger partial charge on any atom is -0.481 e. The van der Waals surface area contributed by atoms with Crippen molar-refractivity contribution in [1.82, 2.24) is 9.78 Å². The van der Waals surface area contributed by atoms with E-state index in [1.807, 2.05) is 37.5 Å². The van der Waals surface area contributed by atoms with Crippen molar-refractivity contribution < 1.29 is 14.7 Å². The molecule has 2 rings (SSSR count). The molecule has 7 heteroatoms. The van der Waals surface area contributed by atoms with Crippen LogP contribution in [-0.2, 0) is 28.8 Å². The van der Waals surface area contributed by atoms with Crippen LogP contribution in [0, 0.1) is 0 Å². The predicted octanol–water partition coefficient (Wildman–Crippen LogP) is 2.70. The van der Waals surface area contributed by atoms with Crippen molar-refractivity contribution in [1.29, 1.82) is 0 Å². The van der Waals surface area contributed by atoms with Gasteiger partial charge in [0.15, 0.2) is 0 Å². The Morgan fingerprint density at radius 1 is 1.29 bits per heavy atom. The van der Waals surface area contributed by atoms with E-state index in [1.165, 1.54) is 0 Å². The van der Waals surface area contributed by atoms with Crippen LogP contribution in [0.3, 0.4) is 0 Å². The van der Waals surface area contributed by atoms with Crippen LogP contribution in [0.2, 0.25) is 0 Å². The number of carbonyl (C=O) groups is 2. The maximum absolute atomic E-state index is 12.0. The van der Waals surface area contributed by atoms with E-state index in [0.717, 1.165) is 22.6 Å². The topological polar surface area (TPSA) is 84.2 Å². The van der Waals surface area contributed by atoms with Gasteiger partial charge in [0, 0.05) is 36.9 Å². The van der Waals surface area contributed by atoms with Gasteiger partial charge in [-0.05, 0) is 29.7 Å². The Balaban J connectivity index is 1.78. The Labute approximate surface area is 145 Å². The number of benzene rings is 1. The molecular weight excluding hydrogens is 326 g/mol. The molecule has 0 atom stereocenters. The molecule has 0 spiro atoms. The number of nitrogens with zero attached hydrogens (tertiary/aromatic N) is 2. The summed E-state index contributed by atoms with van der Waals surface area (Å²) < 4.78 is 1.72. The second kappa shape index (κ2) is 9.12. The highest BCUT2D eigenvalue weighted by molar-refractivity contribution is 7.98. The third-order valence-electron chi connectivity index (χ3n) is 3.34. The molecule has 0 aliphatic rings. The van der Waals surface area contributed by atoms with Gasteiger partial charge in [-0.15, -0.1) is 0 Å². The van der Waals surface area contributed by atoms with Crippen LogP contribution in [-0.4, -0.2) is 32.5 Å². The molecule has 2 N–H and O–H groups in total. The van der Waals surface area contributed by atoms with Crippen molar-refractivity contribution in [3.63, 3.8) is 0 Å². The number of rotatable bonds is 9. The van der Waals surface area contributed by atoms with Gasteiger partial charge in [-0.1, -0.05) is 12.1 Å². The van der Waals surface area contributed by atoms with E-state index in [-0.39, 0.29) is 12.3 Å². The minimum absolute atomic E-state index is 0.0328. The molecule has 0 aliphatic heterocycles. The summed E-state index contributed by atoms with van der Waals surface area (Å²) in [4.78, 5) is 22.5. The molecule has 1 heterocycles. The second-order valence-electron chi connectivity index (χ2n) is 5.47. The molecule has 0 radical (unpaired) electrons. The van der Waals surface area contributed by atoms with E-state index in [2.05, 4.69) is 10.4 Å².